The van der Waals surface area contributed by atoms with E-state index in [9.17, 15) is 10.4 Å². The highest BCUT2D eigenvalue weighted by atomic mass is 79.9. The number of nitrogens with zero attached hydrogens (tertiary/aromatic N) is 2. The van der Waals surface area contributed by atoms with Crippen LogP contribution in [0.3, 0.4) is 0 Å². The zero-order valence-electron chi connectivity index (χ0n) is 12.4. The minimum Gasteiger partial charge on any atom is -0.622 e. The maximum absolute atomic E-state index is 13.0. The van der Waals surface area contributed by atoms with Crippen molar-refractivity contribution in [2.75, 3.05) is 0 Å². The Morgan fingerprint density at radius 3 is 2.32 bits per heavy atom. The van der Waals surface area contributed by atoms with E-state index in [0.717, 1.165) is 25.4 Å². The van der Waals surface area contributed by atoms with Gasteiger partial charge in [0, 0.05) is 22.5 Å². The Bertz CT molecular complexity index is 715. The fourth-order valence-corrected chi connectivity index (χ4v) is 3.24. The van der Waals surface area contributed by atoms with Gasteiger partial charge in [-0.2, -0.15) is 4.74 Å². The van der Waals surface area contributed by atoms with Crippen molar-refractivity contribution in [3.63, 3.8) is 0 Å². The molecule has 0 amide bonds. The van der Waals surface area contributed by atoms with Crippen molar-refractivity contribution in [2.45, 2.75) is 25.6 Å². The first kappa shape index (κ1) is 15.2. The lowest BCUT2D eigenvalue weighted by Crippen LogP contribution is -2.45. The molecule has 0 spiro atoms. The van der Waals surface area contributed by atoms with Gasteiger partial charge in [0.15, 0.2) is 0 Å². The van der Waals surface area contributed by atoms with Crippen molar-refractivity contribution in [3.05, 3.63) is 75.4 Å². The van der Waals surface area contributed by atoms with Gasteiger partial charge in [-0.1, -0.05) is 34.1 Å². The smallest absolute Gasteiger partial charge is 0.274 e. The van der Waals surface area contributed by atoms with E-state index in [1.54, 1.807) is 6.92 Å². The molecule has 1 N–H and O–H groups in total. The molecule has 114 valence electrons. The summed E-state index contributed by atoms with van der Waals surface area (Å²) in [7, 11) is 0. The molecule has 0 aromatic heterocycles. The molecular formula is C17H17BrN2O2. The Labute approximate surface area is 138 Å². The fourth-order valence-electron chi connectivity index (χ4n) is 2.97. The third kappa shape index (κ3) is 2.17. The monoisotopic (exact) mass is 360 g/mol. The summed E-state index contributed by atoms with van der Waals surface area (Å²) in [5.41, 5.74) is 0.982. The van der Waals surface area contributed by atoms with Crippen LogP contribution in [-0.2, 0) is 5.66 Å². The topological polar surface area (TPSA) is 49.5 Å². The maximum atomic E-state index is 13.0. The quantitative estimate of drug-likeness (QED) is 0.655. The van der Waals surface area contributed by atoms with Gasteiger partial charge in [-0.15, -0.1) is 5.06 Å². The largest absolute Gasteiger partial charge is 0.622 e. The first-order valence-corrected chi connectivity index (χ1v) is 7.89. The summed E-state index contributed by atoms with van der Waals surface area (Å²) < 4.78 is 1.84. The predicted molar refractivity (Wildman–Crippen MR) is 88.8 cm³/mol. The van der Waals surface area contributed by atoms with Crippen LogP contribution in [0.1, 0.15) is 25.0 Å². The second kappa shape index (κ2) is 5.50. The van der Waals surface area contributed by atoms with E-state index in [4.69, 9.17) is 0 Å². The van der Waals surface area contributed by atoms with Gasteiger partial charge in [-0.3, -0.25) is 0 Å². The van der Waals surface area contributed by atoms with Gasteiger partial charge < -0.3 is 10.4 Å². The number of hydrogen-bond donors (Lipinski definition) is 1. The summed E-state index contributed by atoms with van der Waals surface area (Å²) in [5, 5.41) is 24.7. The second-order valence-electron chi connectivity index (χ2n) is 5.59. The number of hydroxylamine groups is 3. The lowest BCUT2D eigenvalue weighted by atomic mass is 10.0. The first-order valence-electron chi connectivity index (χ1n) is 7.10. The number of hydrogen-bond acceptors (Lipinski definition) is 3. The highest BCUT2D eigenvalue weighted by molar-refractivity contribution is 9.10. The molecule has 5 heteroatoms. The van der Waals surface area contributed by atoms with Gasteiger partial charge in [0.1, 0.15) is 6.04 Å². The van der Waals surface area contributed by atoms with Crippen molar-refractivity contribution in [1.82, 2.24) is 5.06 Å². The molecule has 0 fully saturated rings. The molecule has 0 radical (unpaired) electrons. The SMILES string of the molecule is C[C@@H]1C(c2ccccc2)=[N+]([O-])[C@@](C)(c2ccc(Br)cc2)N1O. The molecule has 2 aromatic rings. The van der Waals surface area contributed by atoms with Crippen molar-refractivity contribution >= 4 is 21.6 Å². The Kier molecular flexibility index (Phi) is 3.80. The minimum absolute atomic E-state index is 0.395. The molecule has 1 aliphatic heterocycles. The second-order valence-corrected chi connectivity index (χ2v) is 6.51. The molecule has 2 atom stereocenters. The van der Waals surface area contributed by atoms with Crippen molar-refractivity contribution in [1.29, 1.82) is 0 Å². The number of benzene rings is 2. The fraction of sp³-hybridized carbons (Fsp3) is 0.235. The average molecular weight is 361 g/mol. The molecule has 4 nitrogen and oxygen atoms in total. The summed E-state index contributed by atoms with van der Waals surface area (Å²) in [6.45, 7) is 3.56. The maximum Gasteiger partial charge on any atom is 0.274 e. The van der Waals surface area contributed by atoms with Gasteiger partial charge in [-0.25, -0.2) is 0 Å². The van der Waals surface area contributed by atoms with E-state index in [2.05, 4.69) is 15.9 Å². The van der Waals surface area contributed by atoms with E-state index in [1.807, 2.05) is 61.5 Å². The van der Waals surface area contributed by atoms with Crippen LogP contribution in [0, 0.1) is 5.21 Å². The number of halogens is 1. The van der Waals surface area contributed by atoms with Gasteiger partial charge in [0.25, 0.3) is 5.66 Å². The molecule has 1 heterocycles. The Balaban J connectivity index is 2.16. The average Bonchev–Trinajstić information content (AvgIpc) is 2.71. The third-order valence-electron chi connectivity index (χ3n) is 4.28. The van der Waals surface area contributed by atoms with Crippen molar-refractivity contribution in [2.24, 2.45) is 0 Å². The molecule has 1 aliphatic rings. The lowest BCUT2D eigenvalue weighted by molar-refractivity contribution is -0.595. The van der Waals surface area contributed by atoms with E-state index < -0.39 is 11.7 Å². The van der Waals surface area contributed by atoms with E-state index >= 15 is 0 Å². The normalized spacial score (nSPS) is 25.7. The molecule has 0 unspecified atom stereocenters. The van der Waals surface area contributed by atoms with E-state index in [-0.39, 0.29) is 0 Å². The van der Waals surface area contributed by atoms with Crippen LogP contribution in [0.2, 0.25) is 0 Å². The summed E-state index contributed by atoms with van der Waals surface area (Å²) in [4.78, 5) is 0. The van der Waals surface area contributed by atoms with Crippen LogP contribution in [0.15, 0.2) is 59.1 Å². The summed E-state index contributed by atoms with van der Waals surface area (Å²) in [6.07, 6.45) is 0. The van der Waals surface area contributed by atoms with Crippen LogP contribution < -0.4 is 0 Å². The summed E-state index contributed by atoms with van der Waals surface area (Å²) >= 11 is 3.39. The Morgan fingerprint density at radius 1 is 1.14 bits per heavy atom. The van der Waals surface area contributed by atoms with E-state index in [1.165, 1.54) is 0 Å². The van der Waals surface area contributed by atoms with Crippen LogP contribution in [0.4, 0.5) is 0 Å². The van der Waals surface area contributed by atoms with Gasteiger partial charge in [0.05, 0.1) is 0 Å². The Hall–Kier alpha value is -1.69. The van der Waals surface area contributed by atoms with E-state index in [0.29, 0.717) is 5.71 Å². The molecule has 0 aliphatic carbocycles. The molecular weight excluding hydrogens is 344 g/mol. The van der Waals surface area contributed by atoms with Crippen molar-refractivity contribution < 1.29 is 9.95 Å². The van der Waals surface area contributed by atoms with Gasteiger partial charge in [0.2, 0.25) is 5.71 Å². The van der Waals surface area contributed by atoms with Gasteiger partial charge in [-0.05, 0) is 43.3 Å². The molecule has 3 rings (SSSR count). The predicted octanol–water partition coefficient (Wildman–Crippen LogP) is 3.71. The molecule has 2 aromatic carbocycles. The highest BCUT2D eigenvalue weighted by Gasteiger charge is 2.54. The Morgan fingerprint density at radius 2 is 1.73 bits per heavy atom. The standard InChI is InChI=1S/C17H17BrN2O2/c1-12-16(13-6-4-3-5-7-13)20(22)17(2,19(12)21)14-8-10-15(18)11-9-14/h3-12,21H,1-2H3/t12-,17+/m1/s1. The van der Waals surface area contributed by atoms with Crippen LogP contribution >= 0.6 is 15.9 Å². The molecule has 0 saturated carbocycles. The zero-order valence-corrected chi connectivity index (χ0v) is 14.0. The number of rotatable bonds is 2. The summed E-state index contributed by atoms with van der Waals surface area (Å²) in [5.74, 6) is 0. The highest BCUT2D eigenvalue weighted by Crippen LogP contribution is 2.36. The summed E-state index contributed by atoms with van der Waals surface area (Å²) in [6, 6.07) is 16.5. The van der Waals surface area contributed by atoms with Gasteiger partial charge >= 0.3 is 0 Å². The molecule has 22 heavy (non-hydrogen) atoms. The first-order chi connectivity index (χ1) is 10.5. The zero-order chi connectivity index (χ0) is 15.9. The molecule has 0 bridgehead atoms. The van der Waals surface area contributed by atoms with Crippen molar-refractivity contribution in [3.8, 4) is 0 Å². The van der Waals surface area contributed by atoms with Crippen LogP contribution in [0.5, 0.6) is 0 Å². The van der Waals surface area contributed by atoms with Crippen LogP contribution in [-0.4, -0.2) is 26.8 Å². The minimum atomic E-state index is -1.15. The molecule has 0 saturated heterocycles. The van der Waals surface area contributed by atoms with Crippen LogP contribution in [0.25, 0.3) is 0 Å². The lowest BCUT2D eigenvalue weighted by Gasteiger charge is -2.29. The third-order valence-corrected chi connectivity index (χ3v) is 4.81.